The van der Waals surface area contributed by atoms with Crippen molar-refractivity contribution in [1.29, 1.82) is 0 Å². The Hall–Kier alpha value is -0.0800. The number of rotatable bonds is 5. The van der Waals surface area contributed by atoms with Crippen LogP contribution in [-0.2, 0) is 0 Å². The third kappa shape index (κ3) is 4.96. The summed E-state index contributed by atoms with van der Waals surface area (Å²) in [6.07, 6.45) is 8.20. The van der Waals surface area contributed by atoms with E-state index in [4.69, 9.17) is 0 Å². The smallest absolute Gasteiger partial charge is 0.0108 e. The molecule has 0 aromatic heterocycles. The van der Waals surface area contributed by atoms with Crippen LogP contribution in [0.5, 0.6) is 0 Å². The van der Waals surface area contributed by atoms with Gasteiger partial charge in [0.05, 0.1) is 0 Å². The van der Waals surface area contributed by atoms with Crippen molar-refractivity contribution in [2.45, 2.75) is 85.2 Å². The fraction of sp³-hybridized carbons (Fsp3) is 1.00. The standard InChI is InChI=1S/C19H38N2/c1-6-10-20-18-7-9-19(4,5)13-17(18)14-21-11-8-15(2)12-16(21)3/h15-18,20H,6-14H2,1-5H3. The van der Waals surface area contributed by atoms with Crippen LogP contribution in [0.15, 0.2) is 0 Å². The number of hydrogen-bond donors (Lipinski definition) is 1. The van der Waals surface area contributed by atoms with Gasteiger partial charge in [-0.3, -0.25) is 0 Å². The van der Waals surface area contributed by atoms with E-state index in [0.717, 1.165) is 23.9 Å². The quantitative estimate of drug-likeness (QED) is 0.813. The molecule has 4 unspecified atom stereocenters. The maximum atomic E-state index is 3.85. The highest BCUT2D eigenvalue weighted by molar-refractivity contribution is 4.91. The van der Waals surface area contributed by atoms with Gasteiger partial charge in [-0.2, -0.15) is 0 Å². The highest BCUT2D eigenvalue weighted by Crippen LogP contribution is 2.39. The van der Waals surface area contributed by atoms with Crippen LogP contribution in [0.1, 0.15) is 73.1 Å². The van der Waals surface area contributed by atoms with Gasteiger partial charge in [0.2, 0.25) is 0 Å². The normalized spacial score (nSPS) is 37.6. The van der Waals surface area contributed by atoms with Crippen molar-refractivity contribution in [2.75, 3.05) is 19.6 Å². The van der Waals surface area contributed by atoms with Gasteiger partial charge in [0.1, 0.15) is 0 Å². The largest absolute Gasteiger partial charge is 0.314 e. The zero-order valence-corrected chi connectivity index (χ0v) is 15.1. The fourth-order valence-electron chi connectivity index (χ4n) is 4.55. The molecule has 0 bridgehead atoms. The Morgan fingerprint density at radius 1 is 1.19 bits per heavy atom. The zero-order valence-electron chi connectivity index (χ0n) is 15.1. The van der Waals surface area contributed by atoms with Gasteiger partial charge >= 0.3 is 0 Å². The van der Waals surface area contributed by atoms with Crippen LogP contribution in [0.25, 0.3) is 0 Å². The van der Waals surface area contributed by atoms with E-state index in [1.165, 1.54) is 58.2 Å². The molecule has 0 radical (unpaired) electrons. The van der Waals surface area contributed by atoms with E-state index in [-0.39, 0.29) is 0 Å². The van der Waals surface area contributed by atoms with Gasteiger partial charge in [0.25, 0.3) is 0 Å². The zero-order chi connectivity index (χ0) is 15.5. The summed E-state index contributed by atoms with van der Waals surface area (Å²) >= 11 is 0. The van der Waals surface area contributed by atoms with Crippen LogP contribution in [0.2, 0.25) is 0 Å². The van der Waals surface area contributed by atoms with E-state index in [9.17, 15) is 0 Å². The molecule has 2 nitrogen and oxygen atoms in total. The monoisotopic (exact) mass is 294 g/mol. The molecule has 1 N–H and O–H groups in total. The van der Waals surface area contributed by atoms with Crippen LogP contribution in [-0.4, -0.2) is 36.6 Å². The minimum absolute atomic E-state index is 0.543. The molecule has 0 aromatic carbocycles. The fourth-order valence-corrected chi connectivity index (χ4v) is 4.55. The average molecular weight is 295 g/mol. The number of piperidine rings is 1. The van der Waals surface area contributed by atoms with Crippen LogP contribution in [0, 0.1) is 17.3 Å². The lowest BCUT2D eigenvalue weighted by atomic mass is 9.69. The van der Waals surface area contributed by atoms with Gasteiger partial charge < -0.3 is 10.2 Å². The summed E-state index contributed by atoms with van der Waals surface area (Å²) in [6.45, 7) is 15.9. The van der Waals surface area contributed by atoms with Crippen molar-refractivity contribution in [3.63, 3.8) is 0 Å². The van der Waals surface area contributed by atoms with Crippen molar-refractivity contribution in [3.8, 4) is 0 Å². The van der Waals surface area contributed by atoms with E-state index in [2.05, 4.69) is 44.8 Å². The summed E-state index contributed by atoms with van der Waals surface area (Å²) < 4.78 is 0. The van der Waals surface area contributed by atoms with E-state index in [1.807, 2.05) is 0 Å². The van der Waals surface area contributed by atoms with Gasteiger partial charge in [0.15, 0.2) is 0 Å². The summed E-state index contributed by atoms with van der Waals surface area (Å²) in [6, 6.07) is 1.54. The summed E-state index contributed by atoms with van der Waals surface area (Å²) in [7, 11) is 0. The van der Waals surface area contributed by atoms with Crippen molar-refractivity contribution >= 4 is 0 Å². The molecular formula is C19H38N2. The highest BCUT2D eigenvalue weighted by atomic mass is 15.2. The second kappa shape index (κ2) is 7.46. The molecule has 2 heteroatoms. The summed E-state index contributed by atoms with van der Waals surface area (Å²) in [5.74, 6) is 1.77. The third-order valence-corrected chi connectivity index (χ3v) is 5.92. The number of hydrogen-bond acceptors (Lipinski definition) is 2. The molecule has 2 aliphatic rings. The van der Waals surface area contributed by atoms with Gasteiger partial charge in [-0.15, -0.1) is 0 Å². The summed E-state index contributed by atoms with van der Waals surface area (Å²) in [5, 5.41) is 3.85. The topological polar surface area (TPSA) is 15.3 Å². The van der Waals surface area contributed by atoms with Crippen LogP contribution in [0.3, 0.4) is 0 Å². The molecule has 1 heterocycles. The van der Waals surface area contributed by atoms with Crippen molar-refractivity contribution in [1.82, 2.24) is 10.2 Å². The lowest BCUT2D eigenvalue weighted by Crippen LogP contribution is -2.50. The lowest BCUT2D eigenvalue weighted by Gasteiger charge is -2.45. The second-order valence-corrected chi connectivity index (χ2v) is 8.70. The van der Waals surface area contributed by atoms with Crippen molar-refractivity contribution in [3.05, 3.63) is 0 Å². The van der Waals surface area contributed by atoms with Gasteiger partial charge in [-0.25, -0.2) is 0 Å². The average Bonchev–Trinajstić information content (AvgIpc) is 2.40. The molecule has 1 aliphatic heterocycles. The minimum atomic E-state index is 0.543. The number of likely N-dealkylation sites (tertiary alicyclic amines) is 1. The molecule has 124 valence electrons. The van der Waals surface area contributed by atoms with Crippen molar-refractivity contribution < 1.29 is 0 Å². The number of nitrogens with one attached hydrogen (secondary N) is 1. The molecule has 1 saturated heterocycles. The summed E-state index contributed by atoms with van der Waals surface area (Å²) in [5.41, 5.74) is 0.543. The van der Waals surface area contributed by atoms with E-state index in [0.29, 0.717) is 5.41 Å². The Morgan fingerprint density at radius 3 is 2.62 bits per heavy atom. The van der Waals surface area contributed by atoms with Gasteiger partial charge in [-0.1, -0.05) is 27.7 Å². The minimum Gasteiger partial charge on any atom is -0.314 e. The van der Waals surface area contributed by atoms with Crippen LogP contribution < -0.4 is 5.32 Å². The molecule has 21 heavy (non-hydrogen) atoms. The molecule has 4 atom stereocenters. The van der Waals surface area contributed by atoms with E-state index < -0.39 is 0 Å². The second-order valence-electron chi connectivity index (χ2n) is 8.70. The first-order valence-corrected chi connectivity index (χ1v) is 9.38. The molecule has 2 fully saturated rings. The van der Waals surface area contributed by atoms with Crippen molar-refractivity contribution in [2.24, 2.45) is 17.3 Å². The van der Waals surface area contributed by atoms with E-state index in [1.54, 1.807) is 0 Å². The molecule has 0 spiro atoms. The molecule has 1 saturated carbocycles. The number of nitrogens with zero attached hydrogens (tertiary/aromatic N) is 1. The Bertz CT molecular complexity index is 313. The van der Waals surface area contributed by atoms with Crippen LogP contribution in [0.4, 0.5) is 0 Å². The third-order valence-electron chi connectivity index (χ3n) is 5.92. The van der Waals surface area contributed by atoms with Crippen LogP contribution >= 0.6 is 0 Å². The maximum absolute atomic E-state index is 3.85. The predicted molar refractivity (Wildman–Crippen MR) is 92.6 cm³/mol. The molecule has 1 aliphatic carbocycles. The molecule has 0 amide bonds. The maximum Gasteiger partial charge on any atom is 0.0108 e. The lowest BCUT2D eigenvalue weighted by molar-refractivity contribution is 0.0593. The Labute approximate surface area is 133 Å². The van der Waals surface area contributed by atoms with Gasteiger partial charge in [-0.05, 0) is 75.8 Å². The van der Waals surface area contributed by atoms with E-state index >= 15 is 0 Å². The molecule has 0 aromatic rings. The predicted octanol–water partition coefficient (Wildman–Crippen LogP) is 4.30. The molecular weight excluding hydrogens is 256 g/mol. The first-order chi connectivity index (χ1) is 9.91. The first kappa shape index (κ1) is 17.3. The summed E-state index contributed by atoms with van der Waals surface area (Å²) in [4.78, 5) is 2.78. The SMILES string of the molecule is CCCNC1CCC(C)(C)CC1CN1CCC(C)CC1C. The molecule has 2 rings (SSSR count). The van der Waals surface area contributed by atoms with Gasteiger partial charge in [0, 0.05) is 18.6 Å². The Kier molecular flexibility index (Phi) is 6.14. The Balaban J connectivity index is 1.95. The first-order valence-electron chi connectivity index (χ1n) is 9.38. The highest BCUT2D eigenvalue weighted by Gasteiger charge is 2.36. The Morgan fingerprint density at radius 2 is 1.95 bits per heavy atom.